The van der Waals surface area contributed by atoms with Crippen molar-refractivity contribution in [2.75, 3.05) is 0 Å². The number of hydrogen-bond acceptors (Lipinski definition) is 4. The standard InChI is InChI=1S/C4HBrClNO2S/c5-9-4(8)3-7-1-2(6)10-3/h1H. The summed E-state index contributed by atoms with van der Waals surface area (Å²) in [5.74, 6) is -0.531. The molecule has 0 atom stereocenters. The maximum absolute atomic E-state index is 10.6. The van der Waals surface area contributed by atoms with E-state index >= 15 is 0 Å². The molecule has 1 rings (SSSR count). The normalized spacial score (nSPS) is 9.40. The Labute approximate surface area is 74.4 Å². The molecule has 0 aliphatic rings. The van der Waals surface area contributed by atoms with Crippen LogP contribution in [0.25, 0.3) is 0 Å². The molecule has 10 heavy (non-hydrogen) atoms. The van der Waals surface area contributed by atoms with Crippen LogP contribution in [0.4, 0.5) is 0 Å². The second-order valence-electron chi connectivity index (χ2n) is 1.33. The Morgan fingerprint density at radius 3 is 3.00 bits per heavy atom. The third-order valence-electron chi connectivity index (χ3n) is 0.722. The van der Waals surface area contributed by atoms with Crippen LogP contribution >= 0.6 is 39.2 Å². The van der Waals surface area contributed by atoms with Gasteiger partial charge in [0.05, 0.1) is 6.20 Å². The third-order valence-corrected chi connectivity index (χ3v) is 2.11. The van der Waals surface area contributed by atoms with Crippen LogP contribution in [-0.2, 0) is 3.83 Å². The molecular weight excluding hydrogens is 241 g/mol. The van der Waals surface area contributed by atoms with Crippen molar-refractivity contribution in [2.24, 2.45) is 0 Å². The highest BCUT2D eigenvalue weighted by Crippen LogP contribution is 2.19. The lowest BCUT2D eigenvalue weighted by molar-refractivity contribution is 0.0781. The monoisotopic (exact) mass is 241 g/mol. The summed E-state index contributed by atoms with van der Waals surface area (Å²) in [6, 6.07) is 0. The minimum absolute atomic E-state index is 0.238. The number of hydrogen-bond donors (Lipinski definition) is 0. The van der Waals surface area contributed by atoms with Gasteiger partial charge in [-0.1, -0.05) is 22.9 Å². The molecule has 0 bridgehead atoms. The van der Waals surface area contributed by atoms with Gasteiger partial charge in [0.15, 0.2) is 16.3 Å². The average molecular weight is 242 g/mol. The highest BCUT2D eigenvalue weighted by Gasteiger charge is 2.10. The number of aromatic nitrogens is 1. The molecule has 3 nitrogen and oxygen atoms in total. The number of carbonyl (C=O) groups excluding carboxylic acids is 1. The number of thiazole rings is 1. The smallest absolute Gasteiger partial charge is 0.378 e. The first kappa shape index (κ1) is 7.97. The summed E-state index contributed by atoms with van der Waals surface area (Å²) in [6.07, 6.45) is 1.39. The Kier molecular flexibility index (Phi) is 2.64. The largest absolute Gasteiger partial charge is 0.378 e. The zero-order valence-corrected chi connectivity index (χ0v) is 7.66. The van der Waals surface area contributed by atoms with Crippen molar-refractivity contribution in [1.82, 2.24) is 4.98 Å². The van der Waals surface area contributed by atoms with Gasteiger partial charge >= 0.3 is 5.97 Å². The first-order valence-electron chi connectivity index (χ1n) is 2.18. The Bertz CT molecular complexity index is 251. The molecule has 0 aromatic carbocycles. The Morgan fingerprint density at radius 2 is 2.60 bits per heavy atom. The van der Waals surface area contributed by atoms with Crippen LogP contribution in [0.5, 0.6) is 0 Å². The Balaban J connectivity index is 2.85. The van der Waals surface area contributed by atoms with E-state index in [-0.39, 0.29) is 5.01 Å². The van der Waals surface area contributed by atoms with Gasteiger partial charge in [-0.3, -0.25) is 0 Å². The van der Waals surface area contributed by atoms with Gasteiger partial charge in [0.2, 0.25) is 5.01 Å². The van der Waals surface area contributed by atoms with Crippen LogP contribution in [0.1, 0.15) is 9.80 Å². The van der Waals surface area contributed by atoms with E-state index in [1.165, 1.54) is 6.20 Å². The number of carbonyl (C=O) groups is 1. The summed E-state index contributed by atoms with van der Waals surface area (Å²) in [5.41, 5.74) is 0. The van der Waals surface area contributed by atoms with Gasteiger partial charge in [-0.2, -0.15) is 0 Å². The first-order chi connectivity index (χ1) is 4.74. The third kappa shape index (κ3) is 1.68. The fraction of sp³-hybridized carbons (Fsp3) is 0. The van der Waals surface area contributed by atoms with Crippen LogP contribution in [0, 0.1) is 0 Å². The molecule has 1 heterocycles. The Hall–Kier alpha value is -0.130. The summed E-state index contributed by atoms with van der Waals surface area (Å²) < 4.78 is 4.68. The van der Waals surface area contributed by atoms with E-state index in [1.807, 2.05) is 0 Å². The van der Waals surface area contributed by atoms with Crippen molar-refractivity contribution >= 4 is 45.2 Å². The summed E-state index contributed by atoms with van der Waals surface area (Å²) in [5, 5.41) is 0.238. The maximum atomic E-state index is 10.6. The van der Waals surface area contributed by atoms with E-state index < -0.39 is 5.97 Å². The van der Waals surface area contributed by atoms with Gasteiger partial charge in [0.25, 0.3) is 0 Å². The van der Waals surface area contributed by atoms with E-state index in [9.17, 15) is 4.79 Å². The zero-order valence-electron chi connectivity index (χ0n) is 4.51. The fourth-order valence-corrected chi connectivity index (χ4v) is 1.43. The summed E-state index contributed by atoms with van der Waals surface area (Å²) in [6.45, 7) is 0. The van der Waals surface area contributed by atoms with E-state index in [4.69, 9.17) is 11.6 Å². The van der Waals surface area contributed by atoms with E-state index in [0.29, 0.717) is 4.34 Å². The molecule has 0 aliphatic carbocycles. The van der Waals surface area contributed by atoms with Gasteiger partial charge in [0.1, 0.15) is 4.34 Å². The minimum Gasteiger partial charge on any atom is -0.378 e. The molecule has 0 aliphatic heterocycles. The fourth-order valence-electron chi connectivity index (χ4n) is 0.382. The highest BCUT2D eigenvalue weighted by atomic mass is 79.9. The van der Waals surface area contributed by atoms with Crippen molar-refractivity contribution in [3.63, 3.8) is 0 Å². The highest BCUT2D eigenvalue weighted by molar-refractivity contribution is 9.06. The van der Waals surface area contributed by atoms with Crippen molar-refractivity contribution in [1.29, 1.82) is 0 Å². The van der Waals surface area contributed by atoms with Crippen LogP contribution < -0.4 is 0 Å². The van der Waals surface area contributed by atoms with Crippen molar-refractivity contribution in [2.45, 2.75) is 0 Å². The van der Waals surface area contributed by atoms with E-state index in [0.717, 1.165) is 11.3 Å². The van der Waals surface area contributed by atoms with E-state index in [2.05, 4.69) is 25.1 Å². The minimum atomic E-state index is -0.531. The molecule has 1 aromatic heterocycles. The van der Waals surface area contributed by atoms with Crippen molar-refractivity contribution < 1.29 is 8.62 Å². The first-order valence-corrected chi connectivity index (χ1v) is 4.02. The quantitative estimate of drug-likeness (QED) is 0.758. The van der Waals surface area contributed by atoms with Crippen LogP contribution in [0.3, 0.4) is 0 Å². The van der Waals surface area contributed by atoms with Gasteiger partial charge in [0, 0.05) is 0 Å². The molecule has 0 amide bonds. The van der Waals surface area contributed by atoms with Gasteiger partial charge in [-0.05, 0) is 0 Å². The molecule has 54 valence electrons. The van der Waals surface area contributed by atoms with Crippen LogP contribution in [0.2, 0.25) is 4.34 Å². The lowest BCUT2D eigenvalue weighted by Crippen LogP contribution is -1.94. The van der Waals surface area contributed by atoms with Gasteiger partial charge < -0.3 is 3.83 Å². The zero-order chi connectivity index (χ0) is 7.56. The molecule has 0 spiro atoms. The summed E-state index contributed by atoms with van der Waals surface area (Å²) in [7, 11) is 0. The summed E-state index contributed by atoms with van der Waals surface area (Å²) >= 11 is 9.10. The Morgan fingerprint density at radius 1 is 1.90 bits per heavy atom. The molecule has 0 fully saturated rings. The molecule has 1 aromatic rings. The van der Waals surface area contributed by atoms with Gasteiger partial charge in [-0.15, -0.1) is 0 Å². The molecule has 0 radical (unpaired) electrons. The van der Waals surface area contributed by atoms with E-state index in [1.54, 1.807) is 0 Å². The lowest BCUT2D eigenvalue weighted by atomic mass is 10.7. The molecule has 0 N–H and O–H groups in total. The number of rotatable bonds is 1. The second kappa shape index (κ2) is 3.32. The van der Waals surface area contributed by atoms with Crippen molar-refractivity contribution in [3.05, 3.63) is 15.5 Å². The SMILES string of the molecule is O=C(OBr)c1ncc(Cl)s1. The molecule has 0 saturated heterocycles. The summed E-state index contributed by atoms with van der Waals surface area (Å²) in [4.78, 5) is 14.3. The average Bonchev–Trinajstić information content (AvgIpc) is 2.34. The maximum Gasteiger partial charge on any atom is 0.378 e. The molecule has 0 saturated carbocycles. The molecular formula is C4HBrClNO2S. The molecule has 0 unspecified atom stereocenters. The number of halogens is 2. The van der Waals surface area contributed by atoms with Gasteiger partial charge in [-0.25, -0.2) is 9.78 Å². The predicted molar refractivity (Wildman–Crippen MR) is 41.5 cm³/mol. The lowest BCUT2D eigenvalue weighted by Gasteiger charge is -1.85. The second-order valence-corrected chi connectivity index (χ2v) is 3.32. The van der Waals surface area contributed by atoms with Crippen LogP contribution in [-0.4, -0.2) is 11.0 Å². The number of nitrogens with zero attached hydrogens (tertiary/aromatic N) is 1. The topological polar surface area (TPSA) is 39.2 Å². The predicted octanol–water partition coefficient (Wildman–Crippen LogP) is 2.26. The molecule has 6 heteroatoms. The van der Waals surface area contributed by atoms with Crippen LogP contribution in [0.15, 0.2) is 6.20 Å². The van der Waals surface area contributed by atoms with Crippen molar-refractivity contribution in [3.8, 4) is 0 Å².